The summed E-state index contributed by atoms with van der Waals surface area (Å²) in [6.07, 6.45) is 0.820. The highest BCUT2D eigenvalue weighted by molar-refractivity contribution is 5.96. The van der Waals surface area contributed by atoms with Gasteiger partial charge in [-0.15, -0.1) is 0 Å². The fourth-order valence-electron chi connectivity index (χ4n) is 1.47. The number of rotatable bonds is 6. The fourth-order valence-corrected chi connectivity index (χ4v) is 1.47. The average molecular weight is 267 g/mol. The Kier molecular flexibility index (Phi) is 5.48. The van der Waals surface area contributed by atoms with Gasteiger partial charge in [0.2, 0.25) is 0 Å². The summed E-state index contributed by atoms with van der Waals surface area (Å²) in [7, 11) is 0. The minimum absolute atomic E-state index is 0.0663. The number of nitrogens with one attached hydrogen (secondary N) is 1. The van der Waals surface area contributed by atoms with Crippen LogP contribution in [0.4, 0.5) is 4.39 Å². The molecule has 1 aromatic rings. The van der Waals surface area contributed by atoms with Crippen molar-refractivity contribution >= 4 is 11.7 Å². The Bertz CT molecular complexity index is 474. The van der Waals surface area contributed by atoms with Gasteiger partial charge in [0.15, 0.2) is 12.4 Å². The van der Waals surface area contributed by atoms with E-state index in [-0.39, 0.29) is 35.7 Å². The lowest BCUT2D eigenvalue weighted by molar-refractivity contribution is -0.123. The second-order valence-corrected chi connectivity index (χ2v) is 4.36. The van der Waals surface area contributed by atoms with Gasteiger partial charge in [-0.25, -0.2) is 4.39 Å². The second-order valence-electron chi connectivity index (χ2n) is 4.36. The molecular weight excluding hydrogens is 249 g/mol. The van der Waals surface area contributed by atoms with E-state index < -0.39 is 5.82 Å². The Hall–Kier alpha value is -1.91. The number of hydrogen-bond acceptors (Lipinski definition) is 3. The van der Waals surface area contributed by atoms with Gasteiger partial charge in [0.25, 0.3) is 5.91 Å². The van der Waals surface area contributed by atoms with Gasteiger partial charge in [0.1, 0.15) is 11.6 Å². The molecule has 1 amide bonds. The predicted molar refractivity (Wildman–Crippen MR) is 69.8 cm³/mol. The van der Waals surface area contributed by atoms with Crippen LogP contribution in [0.15, 0.2) is 18.2 Å². The van der Waals surface area contributed by atoms with Gasteiger partial charge in [-0.1, -0.05) is 6.92 Å². The van der Waals surface area contributed by atoms with Gasteiger partial charge in [0, 0.05) is 6.04 Å². The summed E-state index contributed by atoms with van der Waals surface area (Å²) < 4.78 is 18.3. The van der Waals surface area contributed by atoms with E-state index in [0.29, 0.717) is 0 Å². The smallest absolute Gasteiger partial charge is 0.258 e. The van der Waals surface area contributed by atoms with E-state index in [4.69, 9.17) is 4.74 Å². The van der Waals surface area contributed by atoms with Crippen LogP contribution in [0.1, 0.15) is 37.6 Å². The molecule has 0 radical (unpaired) electrons. The van der Waals surface area contributed by atoms with Gasteiger partial charge in [-0.05, 0) is 38.5 Å². The fraction of sp³-hybridized carbons (Fsp3) is 0.429. The minimum atomic E-state index is -0.512. The molecule has 0 unspecified atom stereocenters. The van der Waals surface area contributed by atoms with E-state index in [1.165, 1.54) is 19.1 Å². The molecule has 0 fully saturated rings. The molecular formula is C14H18FNO3. The third-order valence-electron chi connectivity index (χ3n) is 2.70. The minimum Gasteiger partial charge on any atom is -0.483 e. The molecule has 0 aliphatic heterocycles. The molecule has 0 aliphatic carbocycles. The number of halogens is 1. The highest BCUT2D eigenvalue weighted by Crippen LogP contribution is 2.20. The van der Waals surface area contributed by atoms with Crippen molar-refractivity contribution < 1.29 is 18.7 Å². The first kappa shape index (κ1) is 15.1. The molecule has 104 valence electrons. The topological polar surface area (TPSA) is 55.4 Å². The molecule has 0 spiro atoms. The Morgan fingerprint density at radius 3 is 2.68 bits per heavy atom. The standard InChI is InChI=1S/C14H18FNO3/c1-4-9(2)16-14(18)8-19-13-6-5-11(15)7-12(13)10(3)17/h5-7,9H,4,8H2,1-3H3,(H,16,18)/t9-/m1/s1. The Labute approximate surface area is 112 Å². The van der Waals surface area contributed by atoms with Crippen molar-refractivity contribution in [3.8, 4) is 5.75 Å². The Balaban J connectivity index is 2.67. The zero-order valence-corrected chi connectivity index (χ0v) is 11.3. The van der Waals surface area contributed by atoms with Crippen molar-refractivity contribution in [2.45, 2.75) is 33.2 Å². The third kappa shape index (κ3) is 4.69. The molecule has 5 heteroatoms. The summed E-state index contributed by atoms with van der Waals surface area (Å²) in [6, 6.07) is 3.71. The molecule has 4 nitrogen and oxygen atoms in total. The van der Waals surface area contributed by atoms with E-state index in [1.807, 2.05) is 13.8 Å². The lowest BCUT2D eigenvalue weighted by Crippen LogP contribution is -2.35. The number of ether oxygens (including phenoxy) is 1. The summed E-state index contributed by atoms with van der Waals surface area (Å²) in [5.41, 5.74) is 0.135. The lowest BCUT2D eigenvalue weighted by atomic mass is 10.1. The number of benzene rings is 1. The number of amides is 1. The van der Waals surface area contributed by atoms with Crippen LogP contribution < -0.4 is 10.1 Å². The van der Waals surface area contributed by atoms with Crippen LogP contribution in [0.25, 0.3) is 0 Å². The van der Waals surface area contributed by atoms with Crippen molar-refractivity contribution in [3.05, 3.63) is 29.6 Å². The summed E-state index contributed by atoms with van der Waals surface area (Å²) >= 11 is 0. The van der Waals surface area contributed by atoms with Crippen molar-refractivity contribution in [1.82, 2.24) is 5.32 Å². The van der Waals surface area contributed by atoms with Gasteiger partial charge in [-0.2, -0.15) is 0 Å². The Morgan fingerprint density at radius 1 is 1.42 bits per heavy atom. The highest BCUT2D eigenvalue weighted by Gasteiger charge is 2.12. The van der Waals surface area contributed by atoms with E-state index in [9.17, 15) is 14.0 Å². The van der Waals surface area contributed by atoms with Crippen LogP contribution in [0.5, 0.6) is 5.75 Å². The first-order chi connectivity index (χ1) is 8.93. The van der Waals surface area contributed by atoms with Crippen LogP contribution in [0, 0.1) is 5.82 Å². The maximum absolute atomic E-state index is 13.0. The van der Waals surface area contributed by atoms with E-state index >= 15 is 0 Å². The van der Waals surface area contributed by atoms with Gasteiger partial charge in [-0.3, -0.25) is 9.59 Å². The summed E-state index contributed by atoms with van der Waals surface area (Å²) in [6.45, 7) is 4.97. The number of ketones is 1. The van der Waals surface area contributed by atoms with E-state index in [2.05, 4.69) is 5.32 Å². The van der Waals surface area contributed by atoms with Crippen LogP contribution >= 0.6 is 0 Å². The Morgan fingerprint density at radius 2 is 2.11 bits per heavy atom. The van der Waals surface area contributed by atoms with E-state index in [0.717, 1.165) is 12.5 Å². The SMILES string of the molecule is CC[C@@H](C)NC(=O)COc1ccc(F)cc1C(C)=O. The largest absolute Gasteiger partial charge is 0.483 e. The second kappa shape index (κ2) is 6.87. The maximum atomic E-state index is 13.0. The van der Waals surface area contributed by atoms with Gasteiger partial charge >= 0.3 is 0 Å². The van der Waals surface area contributed by atoms with Crippen LogP contribution in [0.3, 0.4) is 0 Å². The first-order valence-electron chi connectivity index (χ1n) is 6.16. The molecule has 19 heavy (non-hydrogen) atoms. The lowest BCUT2D eigenvalue weighted by Gasteiger charge is -2.13. The zero-order valence-electron chi connectivity index (χ0n) is 11.3. The summed E-state index contributed by atoms with van der Waals surface area (Å²) in [5.74, 6) is -0.875. The monoisotopic (exact) mass is 267 g/mol. The first-order valence-corrected chi connectivity index (χ1v) is 6.16. The van der Waals surface area contributed by atoms with Gasteiger partial charge < -0.3 is 10.1 Å². The molecule has 0 bridgehead atoms. The van der Waals surface area contributed by atoms with Crippen LogP contribution in [-0.4, -0.2) is 24.3 Å². The third-order valence-corrected chi connectivity index (χ3v) is 2.70. The van der Waals surface area contributed by atoms with Crippen molar-refractivity contribution in [2.75, 3.05) is 6.61 Å². The highest BCUT2D eigenvalue weighted by atomic mass is 19.1. The van der Waals surface area contributed by atoms with Crippen molar-refractivity contribution in [1.29, 1.82) is 0 Å². The van der Waals surface area contributed by atoms with Crippen molar-refractivity contribution in [2.24, 2.45) is 0 Å². The molecule has 0 saturated carbocycles. The van der Waals surface area contributed by atoms with Crippen molar-refractivity contribution in [3.63, 3.8) is 0 Å². The number of hydrogen-bond donors (Lipinski definition) is 1. The maximum Gasteiger partial charge on any atom is 0.258 e. The number of carbonyl (C=O) groups excluding carboxylic acids is 2. The predicted octanol–water partition coefficient (Wildman–Crippen LogP) is 2.32. The quantitative estimate of drug-likeness (QED) is 0.805. The number of Topliss-reactive ketones (excluding diaryl/α,β-unsaturated/α-hetero) is 1. The zero-order chi connectivity index (χ0) is 14.4. The van der Waals surface area contributed by atoms with Gasteiger partial charge in [0.05, 0.1) is 5.56 Å². The molecule has 1 atom stereocenters. The molecule has 1 aromatic carbocycles. The molecule has 1 rings (SSSR count). The van der Waals surface area contributed by atoms with E-state index in [1.54, 1.807) is 0 Å². The molecule has 0 aromatic heterocycles. The summed E-state index contributed by atoms with van der Waals surface area (Å²) in [4.78, 5) is 22.9. The molecule has 0 heterocycles. The average Bonchev–Trinajstić information content (AvgIpc) is 2.36. The van der Waals surface area contributed by atoms with Crippen LogP contribution in [0.2, 0.25) is 0 Å². The molecule has 1 N–H and O–H groups in total. The molecule has 0 saturated heterocycles. The normalized spacial score (nSPS) is 11.8. The number of carbonyl (C=O) groups is 2. The molecule has 0 aliphatic rings. The van der Waals surface area contributed by atoms with Crippen LogP contribution in [-0.2, 0) is 4.79 Å². The summed E-state index contributed by atoms with van der Waals surface area (Å²) in [5, 5.41) is 2.74.